The summed E-state index contributed by atoms with van der Waals surface area (Å²) in [6.45, 7) is 2.38. The maximum absolute atomic E-state index is 12.8. The van der Waals surface area contributed by atoms with Crippen LogP contribution >= 0.6 is 28.1 Å². The Kier molecular flexibility index (Phi) is 7.01. The molecule has 0 aromatic heterocycles. The average Bonchev–Trinajstić information content (AvgIpc) is 2.69. The van der Waals surface area contributed by atoms with Crippen LogP contribution in [0.4, 0.5) is 5.69 Å². The van der Waals surface area contributed by atoms with E-state index < -0.39 is 10.0 Å². The molecule has 7 nitrogen and oxygen atoms in total. The van der Waals surface area contributed by atoms with E-state index in [-0.39, 0.29) is 15.9 Å². The number of halogens is 1. The molecule has 1 aliphatic heterocycles. The molecule has 1 saturated heterocycles. The van der Waals surface area contributed by atoms with E-state index >= 15 is 0 Å². The minimum Gasteiger partial charge on any atom is -0.332 e. The van der Waals surface area contributed by atoms with E-state index in [2.05, 4.69) is 31.5 Å². The van der Waals surface area contributed by atoms with Gasteiger partial charge >= 0.3 is 0 Å². The Balaban J connectivity index is 1.62. The van der Waals surface area contributed by atoms with Gasteiger partial charge < -0.3 is 10.2 Å². The molecule has 3 rings (SSSR count). The van der Waals surface area contributed by atoms with E-state index in [0.29, 0.717) is 41.9 Å². The van der Waals surface area contributed by atoms with Crippen LogP contribution in [0.25, 0.3) is 0 Å². The fraction of sp³-hybridized carbons (Fsp3) is 0.263. The molecule has 2 N–H and O–H groups in total. The van der Waals surface area contributed by atoms with E-state index in [1.807, 2.05) is 13.1 Å². The van der Waals surface area contributed by atoms with Gasteiger partial charge in [-0.05, 0) is 71.6 Å². The minimum atomic E-state index is -3.52. The summed E-state index contributed by atoms with van der Waals surface area (Å²) in [5.41, 5.74) is 1.05. The number of hydrogen-bond acceptors (Lipinski definition) is 5. The molecule has 0 radical (unpaired) electrons. The van der Waals surface area contributed by atoms with Crippen LogP contribution in [0.5, 0.6) is 0 Å². The van der Waals surface area contributed by atoms with Crippen LogP contribution < -0.4 is 10.6 Å². The number of nitrogens with zero attached hydrogens (tertiary/aromatic N) is 2. The monoisotopic (exact) mass is 496 g/mol. The molecule has 0 aliphatic carbocycles. The number of sulfonamides is 1. The van der Waals surface area contributed by atoms with Gasteiger partial charge in [-0.25, -0.2) is 8.42 Å². The summed E-state index contributed by atoms with van der Waals surface area (Å²) in [6, 6.07) is 13.3. The average molecular weight is 497 g/mol. The van der Waals surface area contributed by atoms with Crippen molar-refractivity contribution >= 4 is 54.9 Å². The van der Waals surface area contributed by atoms with Crippen molar-refractivity contribution < 1.29 is 13.2 Å². The van der Waals surface area contributed by atoms with Gasteiger partial charge in [-0.3, -0.25) is 10.1 Å². The molecule has 1 heterocycles. The van der Waals surface area contributed by atoms with E-state index in [0.717, 1.165) is 0 Å². The summed E-state index contributed by atoms with van der Waals surface area (Å²) < 4.78 is 27.7. The van der Waals surface area contributed by atoms with Gasteiger partial charge in [0.2, 0.25) is 10.0 Å². The molecule has 1 fully saturated rings. The molecule has 0 bridgehead atoms. The lowest BCUT2D eigenvalue weighted by Crippen LogP contribution is -2.46. The number of benzene rings is 2. The number of hydrogen-bond donors (Lipinski definition) is 2. The van der Waals surface area contributed by atoms with Crippen molar-refractivity contribution in [1.82, 2.24) is 14.5 Å². The topological polar surface area (TPSA) is 81.8 Å². The third kappa shape index (κ3) is 5.40. The van der Waals surface area contributed by atoms with E-state index in [9.17, 15) is 13.2 Å². The molecule has 0 saturated carbocycles. The number of likely N-dealkylation sites (N-methyl/N-ethyl adjacent to an activating group) is 1. The summed E-state index contributed by atoms with van der Waals surface area (Å²) >= 11 is 8.51. The second kappa shape index (κ2) is 9.31. The quantitative estimate of drug-likeness (QED) is 0.632. The fourth-order valence-electron chi connectivity index (χ4n) is 2.87. The van der Waals surface area contributed by atoms with Crippen molar-refractivity contribution in [2.45, 2.75) is 4.90 Å². The van der Waals surface area contributed by atoms with Crippen LogP contribution in [0.3, 0.4) is 0 Å². The molecule has 0 unspecified atom stereocenters. The SMILES string of the molecule is CN1CCN(S(=O)(=O)c2ccc(NC(=S)NC(=O)c3ccccc3Br)cc2)CC1. The maximum atomic E-state index is 12.8. The Labute approximate surface area is 184 Å². The Hall–Kier alpha value is -1.85. The van der Waals surface area contributed by atoms with Crippen LogP contribution in [0.1, 0.15) is 10.4 Å². The highest BCUT2D eigenvalue weighted by molar-refractivity contribution is 9.10. The van der Waals surface area contributed by atoms with Crippen LogP contribution in [0.2, 0.25) is 0 Å². The minimum absolute atomic E-state index is 0.125. The van der Waals surface area contributed by atoms with E-state index in [1.54, 1.807) is 30.3 Å². The lowest BCUT2D eigenvalue weighted by atomic mass is 10.2. The predicted molar refractivity (Wildman–Crippen MR) is 121 cm³/mol. The van der Waals surface area contributed by atoms with Crippen molar-refractivity contribution in [2.75, 3.05) is 38.5 Å². The van der Waals surface area contributed by atoms with Crippen LogP contribution in [0.15, 0.2) is 57.9 Å². The third-order valence-electron chi connectivity index (χ3n) is 4.56. The normalized spacial score (nSPS) is 15.7. The molecular weight excluding hydrogens is 476 g/mol. The van der Waals surface area contributed by atoms with Crippen molar-refractivity contribution in [3.05, 3.63) is 58.6 Å². The molecule has 10 heteroatoms. The zero-order valence-electron chi connectivity index (χ0n) is 15.8. The van der Waals surface area contributed by atoms with Crippen molar-refractivity contribution in [2.24, 2.45) is 0 Å². The van der Waals surface area contributed by atoms with Crippen LogP contribution in [-0.4, -0.2) is 61.9 Å². The number of piperazine rings is 1. The zero-order chi connectivity index (χ0) is 21.0. The number of rotatable bonds is 4. The van der Waals surface area contributed by atoms with Gasteiger partial charge in [0.1, 0.15) is 0 Å². The number of carbonyl (C=O) groups excluding carboxylic acids is 1. The Morgan fingerprint density at radius 1 is 1.03 bits per heavy atom. The van der Waals surface area contributed by atoms with Gasteiger partial charge in [0.25, 0.3) is 5.91 Å². The van der Waals surface area contributed by atoms with E-state index in [1.165, 1.54) is 16.4 Å². The first kappa shape index (κ1) is 21.8. The summed E-state index contributed by atoms with van der Waals surface area (Å²) in [5, 5.41) is 5.63. The summed E-state index contributed by atoms with van der Waals surface area (Å²) in [6.07, 6.45) is 0. The highest BCUT2D eigenvalue weighted by Gasteiger charge is 2.27. The molecule has 2 aromatic rings. The third-order valence-corrected chi connectivity index (χ3v) is 7.37. The van der Waals surface area contributed by atoms with Gasteiger partial charge in [0, 0.05) is 36.3 Å². The number of carbonyl (C=O) groups is 1. The molecule has 154 valence electrons. The van der Waals surface area contributed by atoms with Gasteiger partial charge in [-0.1, -0.05) is 12.1 Å². The molecule has 0 atom stereocenters. The Morgan fingerprint density at radius 3 is 2.28 bits per heavy atom. The number of anilines is 1. The highest BCUT2D eigenvalue weighted by Crippen LogP contribution is 2.20. The predicted octanol–water partition coefficient (Wildman–Crippen LogP) is 2.51. The summed E-state index contributed by atoms with van der Waals surface area (Å²) in [4.78, 5) is 14.6. The van der Waals surface area contributed by atoms with Gasteiger partial charge in [0.05, 0.1) is 10.5 Å². The second-order valence-electron chi connectivity index (χ2n) is 6.62. The molecule has 1 amide bonds. The Bertz CT molecular complexity index is 1000. The number of thiocarbonyl (C=S) groups is 1. The lowest BCUT2D eigenvalue weighted by Gasteiger charge is -2.31. The maximum Gasteiger partial charge on any atom is 0.258 e. The van der Waals surface area contributed by atoms with Crippen LogP contribution in [-0.2, 0) is 10.0 Å². The summed E-state index contributed by atoms with van der Waals surface area (Å²) in [5.74, 6) is -0.343. The van der Waals surface area contributed by atoms with Crippen molar-refractivity contribution in [1.29, 1.82) is 0 Å². The van der Waals surface area contributed by atoms with Gasteiger partial charge in [-0.2, -0.15) is 4.31 Å². The van der Waals surface area contributed by atoms with Gasteiger partial charge in [0.15, 0.2) is 5.11 Å². The van der Waals surface area contributed by atoms with E-state index in [4.69, 9.17) is 12.2 Å². The molecule has 29 heavy (non-hydrogen) atoms. The first-order valence-electron chi connectivity index (χ1n) is 8.93. The largest absolute Gasteiger partial charge is 0.332 e. The fourth-order valence-corrected chi connectivity index (χ4v) is 4.96. The highest BCUT2D eigenvalue weighted by atomic mass is 79.9. The molecule has 1 aliphatic rings. The second-order valence-corrected chi connectivity index (χ2v) is 9.82. The number of nitrogens with one attached hydrogen (secondary N) is 2. The van der Waals surface area contributed by atoms with Crippen molar-refractivity contribution in [3.8, 4) is 0 Å². The number of amides is 1. The van der Waals surface area contributed by atoms with Crippen molar-refractivity contribution in [3.63, 3.8) is 0 Å². The zero-order valence-corrected chi connectivity index (χ0v) is 19.0. The standard InChI is InChI=1S/C19H21BrN4O3S2/c1-23-10-12-24(13-11-23)29(26,27)15-8-6-14(7-9-15)21-19(28)22-18(25)16-4-2-3-5-17(16)20/h2-9H,10-13H2,1H3,(H2,21,22,25,28). The first-order chi connectivity index (χ1) is 13.8. The molecule has 2 aromatic carbocycles. The van der Waals surface area contributed by atoms with Gasteiger partial charge in [-0.15, -0.1) is 0 Å². The smallest absolute Gasteiger partial charge is 0.258 e. The summed E-state index contributed by atoms with van der Waals surface area (Å²) in [7, 11) is -1.54. The lowest BCUT2D eigenvalue weighted by molar-refractivity contribution is 0.0977. The molecular formula is C19H21BrN4O3S2. The molecule has 0 spiro atoms. The van der Waals surface area contributed by atoms with Crippen LogP contribution in [0, 0.1) is 0 Å². The first-order valence-corrected chi connectivity index (χ1v) is 11.6. The Morgan fingerprint density at radius 2 is 1.66 bits per heavy atom.